The monoisotopic (exact) mass is 446 g/mol. The first-order valence-corrected chi connectivity index (χ1v) is 14.3. The third-order valence-corrected chi connectivity index (χ3v) is 8.72. The third-order valence-electron chi connectivity index (χ3n) is 8.72. The normalized spacial score (nSPS) is 18.7. The average Bonchev–Trinajstić information content (AvgIpc) is 3.11. The molecule has 0 N–H and O–H groups in total. The first-order chi connectivity index (χ1) is 16.1. The molecule has 0 nitrogen and oxygen atoms in total. The molecule has 0 bridgehead atoms. The summed E-state index contributed by atoms with van der Waals surface area (Å²) in [5.41, 5.74) is 7.90. The van der Waals surface area contributed by atoms with E-state index < -0.39 is 0 Å². The van der Waals surface area contributed by atoms with E-state index in [1.807, 2.05) is 0 Å². The Kier molecular flexibility index (Phi) is 10.1. The summed E-state index contributed by atoms with van der Waals surface area (Å²) >= 11 is 0. The van der Waals surface area contributed by atoms with E-state index in [9.17, 15) is 0 Å². The topological polar surface area (TPSA) is 0 Å². The summed E-state index contributed by atoms with van der Waals surface area (Å²) in [6.45, 7) is 11.8. The molecule has 1 aliphatic carbocycles. The van der Waals surface area contributed by atoms with Gasteiger partial charge in [-0.25, -0.2) is 0 Å². The maximum atomic E-state index is 2.54. The summed E-state index contributed by atoms with van der Waals surface area (Å²) in [5, 5.41) is 0. The second-order valence-electron chi connectivity index (χ2n) is 10.9. The van der Waals surface area contributed by atoms with Gasteiger partial charge in [0.1, 0.15) is 0 Å². The zero-order valence-electron chi connectivity index (χ0n) is 22.4. The van der Waals surface area contributed by atoms with Gasteiger partial charge >= 0.3 is 0 Å². The van der Waals surface area contributed by atoms with Crippen molar-refractivity contribution in [3.63, 3.8) is 0 Å². The van der Waals surface area contributed by atoms with E-state index >= 15 is 0 Å². The summed E-state index contributed by atoms with van der Waals surface area (Å²) in [5.74, 6) is 1.74. The average molecular weight is 447 g/mol. The van der Waals surface area contributed by atoms with Gasteiger partial charge in [0.2, 0.25) is 0 Å². The van der Waals surface area contributed by atoms with Crippen LogP contribution in [0.25, 0.3) is 11.1 Å². The molecule has 3 rings (SSSR count). The lowest BCUT2D eigenvalue weighted by molar-refractivity contribution is 0.309. The molecule has 0 aliphatic heterocycles. The van der Waals surface area contributed by atoms with E-state index in [0.29, 0.717) is 0 Å². The van der Waals surface area contributed by atoms with E-state index in [2.05, 4.69) is 77.1 Å². The number of rotatable bonds is 15. The zero-order valence-corrected chi connectivity index (χ0v) is 22.4. The molecule has 0 amide bonds. The summed E-state index contributed by atoms with van der Waals surface area (Å²) in [4.78, 5) is 0. The molecule has 33 heavy (non-hydrogen) atoms. The first-order valence-electron chi connectivity index (χ1n) is 14.3. The van der Waals surface area contributed by atoms with Gasteiger partial charge in [0.25, 0.3) is 0 Å². The summed E-state index contributed by atoms with van der Waals surface area (Å²) in [6, 6.07) is 16.7. The van der Waals surface area contributed by atoms with Gasteiger partial charge in [0, 0.05) is 5.41 Å². The second-order valence-corrected chi connectivity index (χ2v) is 10.9. The van der Waals surface area contributed by atoms with Gasteiger partial charge in [-0.2, -0.15) is 0 Å². The fourth-order valence-corrected chi connectivity index (χ4v) is 6.41. The lowest BCUT2D eigenvalue weighted by atomic mass is 9.68. The number of aryl methyl sites for hydroxylation is 1. The lowest BCUT2D eigenvalue weighted by Gasteiger charge is -2.35. The Balaban J connectivity index is 1.94. The number of fused-ring (bicyclic) bond motifs is 3. The molecule has 0 aromatic heterocycles. The third kappa shape index (κ3) is 6.12. The van der Waals surface area contributed by atoms with Crippen LogP contribution >= 0.6 is 0 Å². The van der Waals surface area contributed by atoms with Gasteiger partial charge in [0.05, 0.1) is 0 Å². The smallest absolute Gasteiger partial charge is 0.0215 e. The highest BCUT2D eigenvalue weighted by atomic mass is 14.5. The van der Waals surface area contributed by atoms with Crippen LogP contribution in [0.1, 0.15) is 128 Å². The van der Waals surface area contributed by atoms with Gasteiger partial charge in [0.15, 0.2) is 0 Å². The predicted octanol–water partition coefficient (Wildman–Crippen LogP) is 10.6. The van der Waals surface area contributed by atoms with Crippen LogP contribution in [0.5, 0.6) is 0 Å². The Hall–Kier alpha value is -1.56. The molecule has 3 unspecified atom stereocenters. The maximum Gasteiger partial charge on any atom is 0.0215 e. The summed E-state index contributed by atoms with van der Waals surface area (Å²) < 4.78 is 0. The summed E-state index contributed by atoms with van der Waals surface area (Å²) in [7, 11) is 0. The Labute approximate surface area is 205 Å². The molecule has 3 atom stereocenters. The van der Waals surface area contributed by atoms with Crippen molar-refractivity contribution in [2.24, 2.45) is 11.8 Å². The standard InChI is InChI=1S/C33H50/c1-6-10-12-16-28(9-4)22-24-33(23-21-27(8-3)15-11-7-2)31-18-14-13-17-29(31)30-20-19-26(5)25-32(30)33/h13-14,17-20,25,27-28H,6-12,15-16,21-24H2,1-5H3. The highest BCUT2D eigenvalue weighted by molar-refractivity contribution is 5.81. The van der Waals surface area contributed by atoms with E-state index in [-0.39, 0.29) is 5.41 Å². The van der Waals surface area contributed by atoms with Gasteiger partial charge in [-0.05, 0) is 66.7 Å². The van der Waals surface area contributed by atoms with Crippen molar-refractivity contribution in [2.45, 2.75) is 124 Å². The Morgan fingerprint density at radius 3 is 1.88 bits per heavy atom. The molecule has 2 aromatic carbocycles. The van der Waals surface area contributed by atoms with Crippen LogP contribution in [-0.4, -0.2) is 0 Å². The van der Waals surface area contributed by atoms with Crippen molar-refractivity contribution in [3.8, 4) is 11.1 Å². The van der Waals surface area contributed by atoms with Gasteiger partial charge in [-0.3, -0.25) is 0 Å². The molecule has 0 heterocycles. The minimum Gasteiger partial charge on any atom is -0.0654 e. The largest absolute Gasteiger partial charge is 0.0654 e. The van der Waals surface area contributed by atoms with Crippen LogP contribution in [0.2, 0.25) is 0 Å². The van der Waals surface area contributed by atoms with Crippen molar-refractivity contribution in [1.82, 2.24) is 0 Å². The van der Waals surface area contributed by atoms with E-state index in [4.69, 9.17) is 0 Å². The molecule has 0 spiro atoms. The SMILES string of the molecule is CCCCCC(CC)CCC1(CCC(CC)CCCC)c2ccccc2-c2ccc(C)cc21. The minimum absolute atomic E-state index is 0.204. The summed E-state index contributed by atoms with van der Waals surface area (Å²) in [6.07, 6.45) is 17.7. The molecule has 182 valence electrons. The first kappa shape index (κ1) is 26.1. The maximum absolute atomic E-state index is 2.54. The fourth-order valence-electron chi connectivity index (χ4n) is 6.41. The van der Waals surface area contributed by atoms with Crippen molar-refractivity contribution in [3.05, 3.63) is 59.2 Å². The molecule has 2 aromatic rings. The molecule has 0 saturated heterocycles. The quantitative estimate of drug-likeness (QED) is 0.239. The van der Waals surface area contributed by atoms with E-state index in [1.54, 1.807) is 11.1 Å². The molecular formula is C33H50. The van der Waals surface area contributed by atoms with Gasteiger partial charge in [-0.15, -0.1) is 0 Å². The number of benzene rings is 2. The molecule has 0 heteroatoms. The minimum atomic E-state index is 0.204. The van der Waals surface area contributed by atoms with E-state index in [1.165, 1.54) is 100 Å². The zero-order chi connectivity index (χ0) is 23.7. The van der Waals surface area contributed by atoms with Gasteiger partial charge in [-0.1, -0.05) is 134 Å². The molecular weight excluding hydrogens is 396 g/mol. The number of unbranched alkanes of at least 4 members (excludes halogenated alkanes) is 3. The highest BCUT2D eigenvalue weighted by Gasteiger charge is 2.42. The van der Waals surface area contributed by atoms with Crippen LogP contribution < -0.4 is 0 Å². The van der Waals surface area contributed by atoms with Gasteiger partial charge < -0.3 is 0 Å². The number of hydrogen-bond acceptors (Lipinski definition) is 0. The Bertz CT molecular complexity index is 847. The highest BCUT2D eigenvalue weighted by Crippen LogP contribution is 2.55. The predicted molar refractivity (Wildman–Crippen MR) is 147 cm³/mol. The molecule has 0 radical (unpaired) electrons. The van der Waals surface area contributed by atoms with Crippen LogP contribution in [-0.2, 0) is 5.41 Å². The number of hydrogen-bond donors (Lipinski definition) is 0. The van der Waals surface area contributed by atoms with Crippen LogP contribution in [0.4, 0.5) is 0 Å². The van der Waals surface area contributed by atoms with E-state index in [0.717, 1.165) is 11.8 Å². The van der Waals surface area contributed by atoms with Crippen molar-refractivity contribution >= 4 is 0 Å². The molecule has 0 saturated carbocycles. The van der Waals surface area contributed by atoms with Crippen LogP contribution in [0.15, 0.2) is 42.5 Å². The van der Waals surface area contributed by atoms with Crippen molar-refractivity contribution < 1.29 is 0 Å². The molecule has 1 aliphatic rings. The Morgan fingerprint density at radius 2 is 1.24 bits per heavy atom. The second kappa shape index (κ2) is 12.8. The molecule has 0 fully saturated rings. The van der Waals surface area contributed by atoms with Crippen LogP contribution in [0, 0.1) is 18.8 Å². The lowest BCUT2D eigenvalue weighted by Crippen LogP contribution is -2.27. The van der Waals surface area contributed by atoms with Crippen LogP contribution in [0.3, 0.4) is 0 Å². The van der Waals surface area contributed by atoms with Crippen molar-refractivity contribution in [1.29, 1.82) is 0 Å². The Morgan fingerprint density at radius 1 is 0.636 bits per heavy atom. The van der Waals surface area contributed by atoms with Crippen molar-refractivity contribution in [2.75, 3.05) is 0 Å². The fraction of sp³-hybridized carbons (Fsp3) is 0.636.